The van der Waals surface area contributed by atoms with Crippen LogP contribution in [0.25, 0.3) is 0 Å². The topological polar surface area (TPSA) is 44.5 Å². The maximum atomic E-state index is 6.09. The van der Waals surface area contributed by atoms with E-state index in [0.29, 0.717) is 13.2 Å². The summed E-state index contributed by atoms with van der Waals surface area (Å²) in [6, 6.07) is 4.12. The third-order valence-electron chi connectivity index (χ3n) is 2.59. The average Bonchev–Trinajstić information content (AvgIpc) is 2.26. The van der Waals surface area contributed by atoms with E-state index in [1.807, 2.05) is 13.8 Å². The molecule has 0 saturated carbocycles. The van der Waals surface area contributed by atoms with Crippen LogP contribution >= 0.6 is 11.8 Å². The summed E-state index contributed by atoms with van der Waals surface area (Å²) in [7, 11) is 0. The van der Waals surface area contributed by atoms with Crippen LogP contribution in [0.5, 0.6) is 11.5 Å². The number of ether oxygens (including phenoxy) is 2. The van der Waals surface area contributed by atoms with E-state index < -0.39 is 0 Å². The molecule has 1 aromatic carbocycles. The number of benzene rings is 1. The SMILES string of the molecule is CSc1cc2c(cc1CC(C)(C)N)OCCO2. The lowest BCUT2D eigenvalue weighted by atomic mass is 9.96. The van der Waals surface area contributed by atoms with Crippen molar-refractivity contribution in [2.24, 2.45) is 5.73 Å². The van der Waals surface area contributed by atoms with Crippen molar-refractivity contribution in [1.82, 2.24) is 0 Å². The van der Waals surface area contributed by atoms with E-state index in [4.69, 9.17) is 15.2 Å². The van der Waals surface area contributed by atoms with E-state index in [-0.39, 0.29) is 5.54 Å². The van der Waals surface area contributed by atoms with Crippen LogP contribution in [0.2, 0.25) is 0 Å². The van der Waals surface area contributed by atoms with Crippen LogP contribution in [-0.2, 0) is 6.42 Å². The van der Waals surface area contributed by atoms with Crippen LogP contribution in [0, 0.1) is 0 Å². The Balaban J connectivity index is 2.36. The number of rotatable bonds is 3. The van der Waals surface area contributed by atoms with Crippen LogP contribution in [0.4, 0.5) is 0 Å². The summed E-state index contributed by atoms with van der Waals surface area (Å²) in [6.45, 7) is 5.32. The van der Waals surface area contributed by atoms with Crippen molar-refractivity contribution in [3.05, 3.63) is 17.7 Å². The molecule has 0 aromatic heterocycles. The van der Waals surface area contributed by atoms with Gasteiger partial charge in [-0.3, -0.25) is 0 Å². The standard InChI is InChI=1S/C13H19NO2S/c1-13(2,14)8-9-6-10-11(7-12(9)17-3)16-5-4-15-10/h6-7H,4-5,8,14H2,1-3H3. The molecule has 0 amide bonds. The summed E-state index contributed by atoms with van der Waals surface area (Å²) in [5.74, 6) is 1.69. The van der Waals surface area contributed by atoms with Crippen LogP contribution in [0.15, 0.2) is 17.0 Å². The third-order valence-corrected chi connectivity index (χ3v) is 3.41. The molecular formula is C13H19NO2S. The van der Waals surface area contributed by atoms with Gasteiger partial charge in [0, 0.05) is 10.4 Å². The van der Waals surface area contributed by atoms with E-state index in [9.17, 15) is 0 Å². The molecule has 0 atom stereocenters. The van der Waals surface area contributed by atoms with Crippen LogP contribution in [-0.4, -0.2) is 25.0 Å². The van der Waals surface area contributed by atoms with E-state index in [2.05, 4.69) is 18.4 Å². The molecule has 1 aliphatic rings. The molecule has 3 nitrogen and oxygen atoms in total. The number of thioether (sulfide) groups is 1. The number of hydrogen-bond donors (Lipinski definition) is 1. The van der Waals surface area contributed by atoms with E-state index in [0.717, 1.165) is 17.9 Å². The minimum atomic E-state index is -0.214. The molecule has 0 bridgehead atoms. The molecule has 0 aliphatic carbocycles. The van der Waals surface area contributed by atoms with Gasteiger partial charge in [0.05, 0.1) is 0 Å². The molecule has 0 radical (unpaired) electrons. The van der Waals surface area contributed by atoms with Crippen molar-refractivity contribution >= 4 is 11.8 Å². The van der Waals surface area contributed by atoms with Gasteiger partial charge < -0.3 is 15.2 Å². The minimum absolute atomic E-state index is 0.214. The summed E-state index contributed by atoms with van der Waals surface area (Å²) >= 11 is 1.72. The van der Waals surface area contributed by atoms with Crippen LogP contribution in [0.1, 0.15) is 19.4 Å². The lowest BCUT2D eigenvalue weighted by Gasteiger charge is -2.24. The average molecular weight is 253 g/mol. The summed E-state index contributed by atoms with van der Waals surface area (Å²) < 4.78 is 11.2. The highest BCUT2D eigenvalue weighted by Crippen LogP contribution is 2.37. The minimum Gasteiger partial charge on any atom is -0.486 e. The Morgan fingerprint density at radius 2 is 1.82 bits per heavy atom. The number of nitrogens with two attached hydrogens (primary N) is 1. The second-order valence-electron chi connectivity index (χ2n) is 4.97. The Bertz CT molecular complexity index is 413. The summed E-state index contributed by atoms with van der Waals surface area (Å²) in [5.41, 5.74) is 7.10. The smallest absolute Gasteiger partial charge is 0.162 e. The molecular weight excluding hydrogens is 234 g/mol. The molecule has 0 unspecified atom stereocenters. The second kappa shape index (κ2) is 4.78. The van der Waals surface area contributed by atoms with Gasteiger partial charge in [-0.05, 0) is 44.2 Å². The fraction of sp³-hybridized carbons (Fsp3) is 0.538. The number of fused-ring (bicyclic) bond motifs is 1. The molecule has 1 heterocycles. The summed E-state index contributed by atoms with van der Waals surface area (Å²) in [6.07, 6.45) is 2.90. The zero-order valence-corrected chi connectivity index (χ0v) is 11.4. The number of hydrogen-bond acceptors (Lipinski definition) is 4. The van der Waals surface area contributed by atoms with Gasteiger partial charge in [0.2, 0.25) is 0 Å². The summed E-state index contributed by atoms with van der Waals surface area (Å²) in [4.78, 5) is 1.22. The Morgan fingerprint density at radius 3 is 2.35 bits per heavy atom. The van der Waals surface area contributed by atoms with Gasteiger partial charge in [-0.15, -0.1) is 11.8 Å². The molecule has 17 heavy (non-hydrogen) atoms. The van der Waals surface area contributed by atoms with E-state index in [1.165, 1.54) is 10.5 Å². The van der Waals surface area contributed by atoms with E-state index in [1.54, 1.807) is 11.8 Å². The van der Waals surface area contributed by atoms with Crippen LogP contribution in [0.3, 0.4) is 0 Å². The first-order valence-corrected chi connectivity index (χ1v) is 6.97. The molecule has 1 aliphatic heterocycles. The first-order chi connectivity index (χ1) is 7.99. The second-order valence-corrected chi connectivity index (χ2v) is 5.82. The van der Waals surface area contributed by atoms with Gasteiger partial charge in [0.1, 0.15) is 13.2 Å². The Morgan fingerprint density at radius 1 is 1.24 bits per heavy atom. The quantitative estimate of drug-likeness (QED) is 0.840. The highest BCUT2D eigenvalue weighted by Gasteiger charge is 2.19. The molecule has 0 spiro atoms. The lowest BCUT2D eigenvalue weighted by Crippen LogP contribution is -2.34. The highest BCUT2D eigenvalue weighted by molar-refractivity contribution is 7.98. The van der Waals surface area contributed by atoms with Gasteiger partial charge in [0.15, 0.2) is 11.5 Å². The maximum absolute atomic E-state index is 6.09. The lowest BCUT2D eigenvalue weighted by molar-refractivity contribution is 0.170. The monoisotopic (exact) mass is 253 g/mol. The Hall–Kier alpha value is -0.870. The molecule has 94 valence electrons. The zero-order chi connectivity index (χ0) is 12.5. The van der Waals surface area contributed by atoms with Crippen molar-refractivity contribution in [2.75, 3.05) is 19.5 Å². The van der Waals surface area contributed by atoms with Gasteiger partial charge in [0.25, 0.3) is 0 Å². The normalized spacial score (nSPS) is 14.8. The molecule has 0 fully saturated rings. The first kappa shape index (κ1) is 12.6. The van der Waals surface area contributed by atoms with Gasteiger partial charge in [-0.1, -0.05) is 0 Å². The maximum Gasteiger partial charge on any atom is 0.162 e. The third kappa shape index (κ3) is 3.07. The van der Waals surface area contributed by atoms with Gasteiger partial charge >= 0.3 is 0 Å². The predicted molar refractivity (Wildman–Crippen MR) is 71.2 cm³/mol. The van der Waals surface area contributed by atoms with Gasteiger partial charge in [-0.25, -0.2) is 0 Å². The van der Waals surface area contributed by atoms with Crippen LogP contribution < -0.4 is 15.2 Å². The van der Waals surface area contributed by atoms with Gasteiger partial charge in [-0.2, -0.15) is 0 Å². The zero-order valence-electron chi connectivity index (χ0n) is 10.6. The van der Waals surface area contributed by atoms with Crippen molar-refractivity contribution < 1.29 is 9.47 Å². The Kier molecular flexibility index (Phi) is 3.54. The van der Waals surface area contributed by atoms with Crippen molar-refractivity contribution in [3.8, 4) is 11.5 Å². The predicted octanol–water partition coefficient (Wildman–Crippen LogP) is 2.46. The Labute approximate surface area is 107 Å². The molecule has 2 N–H and O–H groups in total. The largest absolute Gasteiger partial charge is 0.486 e. The summed E-state index contributed by atoms with van der Waals surface area (Å²) in [5, 5.41) is 0. The highest BCUT2D eigenvalue weighted by atomic mass is 32.2. The fourth-order valence-electron chi connectivity index (χ4n) is 1.93. The molecule has 1 aromatic rings. The molecule has 4 heteroatoms. The van der Waals surface area contributed by atoms with Crippen molar-refractivity contribution in [1.29, 1.82) is 0 Å². The van der Waals surface area contributed by atoms with E-state index >= 15 is 0 Å². The van der Waals surface area contributed by atoms with Crippen molar-refractivity contribution in [2.45, 2.75) is 30.7 Å². The molecule has 0 saturated heterocycles. The molecule has 2 rings (SSSR count). The first-order valence-electron chi connectivity index (χ1n) is 5.75. The van der Waals surface area contributed by atoms with Crippen molar-refractivity contribution in [3.63, 3.8) is 0 Å². The fourth-order valence-corrected chi connectivity index (χ4v) is 2.55.